The van der Waals surface area contributed by atoms with Gasteiger partial charge in [-0.15, -0.1) is 0 Å². The molecular formula is C13H22N2O2. The van der Waals surface area contributed by atoms with Crippen molar-refractivity contribution in [3.8, 4) is 6.07 Å². The van der Waals surface area contributed by atoms with Crippen molar-refractivity contribution in [1.82, 2.24) is 5.32 Å². The minimum absolute atomic E-state index is 0.108. The van der Waals surface area contributed by atoms with Crippen LogP contribution in [0.25, 0.3) is 0 Å². The third-order valence-corrected chi connectivity index (χ3v) is 3.00. The highest BCUT2D eigenvalue weighted by Gasteiger charge is 2.14. The van der Waals surface area contributed by atoms with Gasteiger partial charge >= 0.3 is 0 Å². The van der Waals surface area contributed by atoms with E-state index in [1.165, 1.54) is 6.42 Å². The van der Waals surface area contributed by atoms with Gasteiger partial charge in [-0.25, -0.2) is 0 Å². The number of carbonyl (C=O) groups is 1. The molecule has 1 amide bonds. The number of nitriles is 1. The topological polar surface area (TPSA) is 62.1 Å². The summed E-state index contributed by atoms with van der Waals surface area (Å²) in [5, 5.41) is 11.2. The first-order chi connectivity index (χ1) is 8.33. The summed E-state index contributed by atoms with van der Waals surface area (Å²) in [5.74, 6) is 0.108. The van der Waals surface area contributed by atoms with Gasteiger partial charge in [-0.2, -0.15) is 5.26 Å². The Morgan fingerprint density at radius 1 is 1.41 bits per heavy atom. The Morgan fingerprint density at radius 3 is 3.00 bits per heavy atom. The smallest absolute Gasteiger partial charge is 0.220 e. The lowest BCUT2D eigenvalue weighted by Gasteiger charge is -2.22. The Morgan fingerprint density at radius 2 is 2.29 bits per heavy atom. The summed E-state index contributed by atoms with van der Waals surface area (Å²) in [6.45, 7) is 1.53. The van der Waals surface area contributed by atoms with Crippen molar-refractivity contribution < 1.29 is 9.53 Å². The largest absolute Gasteiger partial charge is 0.378 e. The van der Waals surface area contributed by atoms with Crippen LogP contribution in [0.3, 0.4) is 0 Å². The maximum atomic E-state index is 11.5. The van der Waals surface area contributed by atoms with E-state index in [2.05, 4.69) is 11.4 Å². The monoisotopic (exact) mass is 238 g/mol. The molecule has 1 N–H and O–H groups in total. The van der Waals surface area contributed by atoms with Crippen LogP contribution in [0.5, 0.6) is 0 Å². The van der Waals surface area contributed by atoms with Crippen LogP contribution in [-0.4, -0.2) is 25.2 Å². The average Bonchev–Trinajstić information content (AvgIpc) is 2.37. The van der Waals surface area contributed by atoms with Gasteiger partial charge in [0.05, 0.1) is 12.2 Å². The minimum Gasteiger partial charge on any atom is -0.378 e. The SMILES string of the molecule is N#CCCCCNC(=O)CCC1CCCCO1. The molecule has 1 aliphatic heterocycles. The van der Waals surface area contributed by atoms with Gasteiger partial charge in [0.1, 0.15) is 0 Å². The number of unbranched alkanes of at least 4 members (excludes halogenated alkanes) is 2. The number of nitrogens with one attached hydrogen (secondary N) is 1. The molecule has 96 valence electrons. The standard InChI is InChI=1S/C13H22N2O2/c14-9-3-1-4-10-15-13(16)8-7-12-6-2-5-11-17-12/h12H,1-8,10-11H2,(H,15,16). The van der Waals surface area contributed by atoms with Crippen LogP contribution in [0.4, 0.5) is 0 Å². The van der Waals surface area contributed by atoms with Gasteiger partial charge in [0, 0.05) is 26.0 Å². The molecule has 0 aromatic carbocycles. The van der Waals surface area contributed by atoms with Gasteiger partial charge < -0.3 is 10.1 Å². The van der Waals surface area contributed by atoms with Crippen molar-refractivity contribution in [3.63, 3.8) is 0 Å². The van der Waals surface area contributed by atoms with Crippen LogP contribution in [0.1, 0.15) is 51.4 Å². The number of rotatable bonds is 7. The zero-order valence-corrected chi connectivity index (χ0v) is 10.4. The summed E-state index contributed by atoms with van der Waals surface area (Å²) in [7, 11) is 0. The first-order valence-electron chi connectivity index (χ1n) is 6.58. The van der Waals surface area contributed by atoms with Crippen LogP contribution < -0.4 is 5.32 Å². The molecule has 0 spiro atoms. The minimum atomic E-state index is 0.108. The molecule has 0 bridgehead atoms. The Balaban J connectivity index is 1.95. The Labute approximate surface area is 103 Å². The predicted molar refractivity (Wildman–Crippen MR) is 65.3 cm³/mol. The molecule has 1 unspecified atom stereocenters. The first-order valence-corrected chi connectivity index (χ1v) is 6.58. The molecule has 17 heavy (non-hydrogen) atoms. The van der Waals surface area contributed by atoms with Gasteiger partial charge in [-0.1, -0.05) is 0 Å². The fourth-order valence-corrected chi connectivity index (χ4v) is 1.97. The molecule has 1 rings (SSSR count). The van der Waals surface area contributed by atoms with Gasteiger partial charge in [0.15, 0.2) is 0 Å². The van der Waals surface area contributed by atoms with E-state index in [1.54, 1.807) is 0 Å². The molecule has 1 heterocycles. The van der Waals surface area contributed by atoms with Crippen LogP contribution in [0.15, 0.2) is 0 Å². The second kappa shape index (κ2) is 9.00. The molecule has 1 saturated heterocycles. The van der Waals surface area contributed by atoms with Crippen molar-refractivity contribution in [2.24, 2.45) is 0 Å². The third kappa shape index (κ3) is 6.96. The maximum absolute atomic E-state index is 11.5. The number of ether oxygens (including phenoxy) is 1. The summed E-state index contributed by atoms with van der Waals surface area (Å²) in [4.78, 5) is 11.5. The third-order valence-electron chi connectivity index (χ3n) is 3.00. The average molecular weight is 238 g/mol. The molecule has 0 aromatic rings. The second-order valence-electron chi connectivity index (χ2n) is 4.49. The lowest BCUT2D eigenvalue weighted by atomic mass is 10.0. The molecule has 0 radical (unpaired) electrons. The highest BCUT2D eigenvalue weighted by atomic mass is 16.5. The van der Waals surface area contributed by atoms with Gasteiger partial charge in [0.25, 0.3) is 0 Å². The molecule has 0 aromatic heterocycles. The molecule has 1 fully saturated rings. The lowest BCUT2D eigenvalue weighted by molar-refractivity contribution is -0.122. The highest BCUT2D eigenvalue weighted by molar-refractivity contribution is 5.75. The first kappa shape index (κ1) is 14.0. The Kier molecular flexibility index (Phi) is 7.40. The normalized spacial score (nSPS) is 19.6. The number of hydrogen-bond acceptors (Lipinski definition) is 3. The number of nitrogens with zero attached hydrogens (tertiary/aromatic N) is 1. The van der Waals surface area contributed by atoms with E-state index in [9.17, 15) is 4.79 Å². The summed E-state index contributed by atoms with van der Waals surface area (Å²) in [6, 6.07) is 2.09. The van der Waals surface area contributed by atoms with Gasteiger partial charge in [0.2, 0.25) is 5.91 Å². The second-order valence-corrected chi connectivity index (χ2v) is 4.49. The maximum Gasteiger partial charge on any atom is 0.220 e. The zero-order valence-electron chi connectivity index (χ0n) is 10.4. The van der Waals surface area contributed by atoms with E-state index in [1.807, 2.05) is 0 Å². The molecule has 0 aliphatic carbocycles. The molecule has 4 heteroatoms. The fraction of sp³-hybridized carbons (Fsp3) is 0.846. The number of amides is 1. The van der Waals surface area contributed by atoms with Crippen molar-refractivity contribution in [3.05, 3.63) is 0 Å². The molecule has 0 saturated carbocycles. The van der Waals surface area contributed by atoms with Crippen molar-refractivity contribution in [2.75, 3.05) is 13.2 Å². The molecule has 1 atom stereocenters. The number of carbonyl (C=O) groups excluding carboxylic acids is 1. The van der Waals surface area contributed by atoms with Crippen LogP contribution >= 0.6 is 0 Å². The quantitative estimate of drug-likeness (QED) is 0.691. The van der Waals surface area contributed by atoms with Crippen LogP contribution in [0.2, 0.25) is 0 Å². The highest BCUT2D eigenvalue weighted by Crippen LogP contribution is 2.16. The molecule has 1 aliphatic rings. The fourth-order valence-electron chi connectivity index (χ4n) is 1.97. The lowest BCUT2D eigenvalue weighted by Crippen LogP contribution is -2.27. The van der Waals surface area contributed by atoms with E-state index in [4.69, 9.17) is 10.00 Å². The van der Waals surface area contributed by atoms with Crippen molar-refractivity contribution >= 4 is 5.91 Å². The summed E-state index contributed by atoms with van der Waals surface area (Å²) in [5.41, 5.74) is 0. The summed E-state index contributed by atoms with van der Waals surface area (Å²) in [6.07, 6.45) is 7.48. The zero-order chi connectivity index (χ0) is 12.3. The van der Waals surface area contributed by atoms with E-state index in [-0.39, 0.29) is 12.0 Å². The Bertz CT molecular complexity index is 255. The van der Waals surface area contributed by atoms with Gasteiger partial charge in [-0.05, 0) is 38.5 Å². The Hall–Kier alpha value is -1.08. The summed E-state index contributed by atoms with van der Waals surface area (Å²) < 4.78 is 5.57. The van der Waals surface area contributed by atoms with Crippen LogP contribution in [0, 0.1) is 11.3 Å². The molecule has 4 nitrogen and oxygen atoms in total. The summed E-state index contributed by atoms with van der Waals surface area (Å²) >= 11 is 0. The van der Waals surface area contributed by atoms with E-state index in [0.717, 1.165) is 38.7 Å². The van der Waals surface area contributed by atoms with E-state index >= 15 is 0 Å². The van der Waals surface area contributed by atoms with Crippen LogP contribution in [-0.2, 0) is 9.53 Å². The van der Waals surface area contributed by atoms with Crippen molar-refractivity contribution in [2.45, 2.75) is 57.5 Å². The van der Waals surface area contributed by atoms with E-state index < -0.39 is 0 Å². The van der Waals surface area contributed by atoms with Crippen molar-refractivity contribution in [1.29, 1.82) is 5.26 Å². The van der Waals surface area contributed by atoms with Gasteiger partial charge in [-0.3, -0.25) is 4.79 Å². The predicted octanol–water partition coefficient (Wildman–Crippen LogP) is 2.15. The molecular weight excluding hydrogens is 216 g/mol. The van der Waals surface area contributed by atoms with E-state index in [0.29, 0.717) is 19.4 Å². The number of hydrogen-bond donors (Lipinski definition) is 1.